The van der Waals surface area contributed by atoms with Crippen molar-refractivity contribution in [1.29, 1.82) is 0 Å². The molecule has 0 aliphatic carbocycles. The molecule has 0 spiro atoms. The fourth-order valence-electron chi connectivity index (χ4n) is 3.59. The molecule has 1 aromatic carbocycles. The SMILES string of the molecule is CC(c1ccccc1)N1CC([C@@H](NC(=O)OC(C)(C)C)c2ccco2)CC1=O. The van der Waals surface area contributed by atoms with Crippen LogP contribution in [0.3, 0.4) is 0 Å². The van der Waals surface area contributed by atoms with E-state index in [9.17, 15) is 9.59 Å². The van der Waals surface area contributed by atoms with Crippen LogP contribution in [0.1, 0.15) is 57.5 Å². The van der Waals surface area contributed by atoms with Gasteiger partial charge in [-0.25, -0.2) is 4.79 Å². The number of nitrogens with zero attached hydrogens (tertiary/aromatic N) is 1. The van der Waals surface area contributed by atoms with Crippen molar-refractivity contribution in [3.63, 3.8) is 0 Å². The van der Waals surface area contributed by atoms with Gasteiger partial charge in [-0.15, -0.1) is 0 Å². The summed E-state index contributed by atoms with van der Waals surface area (Å²) in [6.45, 7) is 8.01. The average Bonchev–Trinajstić information content (AvgIpc) is 3.28. The molecule has 150 valence electrons. The Labute approximate surface area is 165 Å². The quantitative estimate of drug-likeness (QED) is 0.826. The first-order valence-corrected chi connectivity index (χ1v) is 9.62. The van der Waals surface area contributed by atoms with E-state index in [0.717, 1.165) is 5.56 Å². The summed E-state index contributed by atoms with van der Waals surface area (Å²) in [4.78, 5) is 27.0. The third-order valence-electron chi connectivity index (χ3n) is 4.93. The van der Waals surface area contributed by atoms with Gasteiger partial charge in [0.15, 0.2) is 0 Å². The van der Waals surface area contributed by atoms with Crippen molar-refractivity contribution in [3.05, 3.63) is 60.1 Å². The molecule has 2 unspecified atom stereocenters. The maximum Gasteiger partial charge on any atom is 0.408 e. The highest BCUT2D eigenvalue weighted by Crippen LogP contribution is 2.35. The molecule has 2 heterocycles. The van der Waals surface area contributed by atoms with Gasteiger partial charge in [-0.2, -0.15) is 0 Å². The van der Waals surface area contributed by atoms with E-state index < -0.39 is 17.7 Å². The van der Waals surface area contributed by atoms with Crippen LogP contribution in [-0.2, 0) is 9.53 Å². The van der Waals surface area contributed by atoms with Crippen LogP contribution >= 0.6 is 0 Å². The van der Waals surface area contributed by atoms with Crippen LogP contribution in [0.25, 0.3) is 0 Å². The molecule has 1 aliphatic heterocycles. The maximum absolute atomic E-state index is 12.7. The lowest BCUT2D eigenvalue weighted by Crippen LogP contribution is -2.38. The lowest BCUT2D eigenvalue weighted by Gasteiger charge is -2.28. The molecular formula is C22H28N2O4. The summed E-state index contributed by atoms with van der Waals surface area (Å²) in [5.41, 5.74) is 0.489. The van der Waals surface area contributed by atoms with E-state index >= 15 is 0 Å². The summed E-state index contributed by atoms with van der Waals surface area (Å²) in [6.07, 6.45) is 1.40. The van der Waals surface area contributed by atoms with Gasteiger partial charge in [0, 0.05) is 18.9 Å². The number of nitrogens with one attached hydrogen (secondary N) is 1. The van der Waals surface area contributed by atoms with Gasteiger partial charge >= 0.3 is 6.09 Å². The monoisotopic (exact) mass is 384 g/mol. The number of ether oxygens (including phenoxy) is 1. The van der Waals surface area contributed by atoms with Crippen LogP contribution in [0.4, 0.5) is 4.79 Å². The second-order valence-electron chi connectivity index (χ2n) is 8.24. The lowest BCUT2D eigenvalue weighted by atomic mass is 9.96. The van der Waals surface area contributed by atoms with Crippen molar-refractivity contribution in [3.8, 4) is 0 Å². The number of benzene rings is 1. The second kappa shape index (κ2) is 8.09. The highest BCUT2D eigenvalue weighted by molar-refractivity contribution is 5.79. The minimum Gasteiger partial charge on any atom is -0.467 e. The zero-order chi connectivity index (χ0) is 20.3. The number of alkyl carbamates (subject to hydrolysis) is 1. The fraction of sp³-hybridized carbons (Fsp3) is 0.455. The molecule has 1 saturated heterocycles. The average molecular weight is 384 g/mol. The van der Waals surface area contributed by atoms with Crippen LogP contribution in [0.5, 0.6) is 0 Å². The molecule has 3 atom stereocenters. The van der Waals surface area contributed by atoms with Crippen molar-refractivity contribution < 1.29 is 18.7 Å². The zero-order valence-corrected chi connectivity index (χ0v) is 16.8. The number of amides is 2. The Balaban J connectivity index is 1.76. The Morgan fingerprint density at radius 1 is 1.21 bits per heavy atom. The first kappa shape index (κ1) is 20.0. The largest absolute Gasteiger partial charge is 0.467 e. The summed E-state index contributed by atoms with van der Waals surface area (Å²) >= 11 is 0. The van der Waals surface area contributed by atoms with Gasteiger partial charge in [0.2, 0.25) is 5.91 Å². The van der Waals surface area contributed by atoms with Crippen LogP contribution in [0.15, 0.2) is 53.1 Å². The molecule has 0 saturated carbocycles. The molecular weight excluding hydrogens is 356 g/mol. The smallest absolute Gasteiger partial charge is 0.408 e. The van der Waals surface area contributed by atoms with Gasteiger partial charge in [-0.3, -0.25) is 4.79 Å². The number of furan rings is 1. The van der Waals surface area contributed by atoms with Crippen molar-refractivity contribution in [1.82, 2.24) is 10.2 Å². The Hall–Kier alpha value is -2.76. The van der Waals surface area contributed by atoms with Gasteiger partial charge in [-0.05, 0) is 45.4 Å². The van der Waals surface area contributed by atoms with E-state index in [0.29, 0.717) is 18.7 Å². The molecule has 2 amide bonds. The highest BCUT2D eigenvalue weighted by atomic mass is 16.6. The third kappa shape index (κ3) is 4.74. The predicted octanol–water partition coefficient (Wildman–Crippen LogP) is 4.46. The van der Waals surface area contributed by atoms with Gasteiger partial charge < -0.3 is 19.4 Å². The molecule has 0 radical (unpaired) electrons. The molecule has 1 fully saturated rings. The third-order valence-corrected chi connectivity index (χ3v) is 4.93. The van der Waals surface area contributed by atoms with Crippen molar-refractivity contribution in [2.45, 2.75) is 51.8 Å². The summed E-state index contributed by atoms with van der Waals surface area (Å²) < 4.78 is 11.0. The van der Waals surface area contributed by atoms with E-state index in [1.54, 1.807) is 12.3 Å². The van der Waals surface area contributed by atoms with E-state index in [4.69, 9.17) is 9.15 Å². The standard InChI is InChI=1S/C22H28N2O4/c1-15(16-9-6-5-7-10-16)24-14-17(13-19(24)25)20(18-11-8-12-27-18)23-21(26)28-22(2,3)4/h5-12,15,17,20H,13-14H2,1-4H3,(H,23,26)/t15?,17?,20-/m1/s1. The number of rotatable bonds is 5. The molecule has 1 N–H and O–H groups in total. The van der Waals surface area contributed by atoms with Crippen molar-refractivity contribution in [2.75, 3.05) is 6.54 Å². The molecule has 28 heavy (non-hydrogen) atoms. The maximum atomic E-state index is 12.7. The highest BCUT2D eigenvalue weighted by Gasteiger charge is 2.40. The Kier molecular flexibility index (Phi) is 5.77. The van der Waals surface area contributed by atoms with Crippen LogP contribution in [-0.4, -0.2) is 29.0 Å². The Morgan fingerprint density at radius 2 is 1.93 bits per heavy atom. The van der Waals surface area contributed by atoms with Gasteiger partial charge in [-0.1, -0.05) is 30.3 Å². The number of likely N-dealkylation sites (tertiary alicyclic amines) is 1. The van der Waals surface area contributed by atoms with E-state index in [1.807, 2.05) is 69.0 Å². The molecule has 3 rings (SSSR count). The molecule has 6 heteroatoms. The summed E-state index contributed by atoms with van der Waals surface area (Å²) in [5.74, 6) is 0.596. The molecule has 6 nitrogen and oxygen atoms in total. The molecule has 2 aromatic rings. The predicted molar refractivity (Wildman–Crippen MR) is 105 cm³/mol. The second-order valence-corrected chi connectivity index (χ2v) is 8.24. The number of hydrogen-bond acceptors (Lipinski definition) is 4. The first-order valence-electron chi connectivity index (χ1n) is 9.62. The van der Waals surface area contributed by atoms with Crippen molar-refractivity contribution >= 4 is 12.0 Å². The van der Waals surface area contributed by atoms with Gasteiger partial charge in [0.1, 0.15) is 11.4 Å². The van der Waals surface area contributed by atoms with Gasteiger partial charge in [0.25, 0.3) is 0 Å². The van der Waals surface area contributed by atoms with E-state index in [-0.39, 0.29) is 17.9 Å². The van der Waals surface area contributed by atoms with Gasteiger partial charge in [0.05, 0.1) is 18.3 Å². The number of hydrogen-bond donors (Lipinski definition) is 1. The molecule has 1 aromatic heterocycles. The number of carbonyl (C=O) groups excluding carboxylic acids is 2. The topological polar surface area (TPSA) is 71.8 Å². The van der Waals surface area contributed by atoms with E-state index in [1.165, 1.54) is 0 Å². The fourth-order valence-corrected chi connectivity index (χ4v) is 3.59. The van der Waals surface area contributed by atoms with Crippen LogP contribution < -0.4 is 5.32 Å². The zero-order valence-electron chi connectivity index (χ0n) is 16.8. The van der Waals surface area contributed by atoms with Crippen LogP contribution in [0.2, 0.25) is 0 Å². The summed E-state index contributed by atoms with van der Waals surface area (Å²) in [5, 5.41) is 2.90. The van der Waals surface area contributed by atoms with Crippen molar-refractivity contribution in [2.24, 2.45) is 5.92 Å². The summed E-state index contributed by atoms with van der Waals surface area (Å²) in [7, 11) is 0. The Bertz CT molecular complexity index is 796. The van der Waals surface area contributed by atoms with Crippen LogP contribution in [0, 0.1) is 5.92 Å². The lowest BCUT2D eigenvalue weighted by molar-refractivity contribution is -0.129. The first-order chi connectivity index (χ1) is 13.2. The van der Waals surface area contributed by atoms with E-state index in [2.05, 4.69) is 5.32 Å². The summed E-state index contributed by atoms with van der Waals surface area (Å²) in [6, 6.07) is 13.1. The molecule has 1 aliphatic rings. The normalized spacial score (nSPS) is 19.4. The minimum atomic E-state index is -0.600. The number of carbonyl (C=O) groups is 2. The molecule has 0 bridgehead atoms. The Morgan fingerprint density at radius 3 is 2.54 bits per heavy atom. The minimum absolute atomic E-state index is 0.0301.